The summed E-state index contributed by atoms with van der Waals surface area (Å²) in [5, 5.41) is 3.41. The molecule has 3 aromatic rings. The third kappa shape index (κ3) is 2.18. The number of hydrogen-bond donors (Lipinski definition) is 2. The van der Waals surface area contributed by atoms with Gasteiger partial charge in [-0.2, -0.15) is 0 Å². The molecule has 7 heteroatoms. The standard InChI is InChI=1S/C17H15N5O2/c1-24-11-8-6-10(7-9-11)14-20-16(18)21-17-19-13-5-3-2-4-12(13)15(23)22(14)17/h2-9,14H,1H3,(H3,18,19,20,21). The molecule has 3 N–H and O–H groups in total. The number of anilines is 1. The highest BCUT2D eigenvalue weighted by Crippen LogP contribution is 2.27. The molecule has 0 saturated heterocycles. The topological polar surface area (TPSA) is 94.5 Å². The lowest BCUT2D eigenvalue weighted by atomic mass is 10.1. The molecule has 2 aromatic carbocycles. The molecule has 1 atom stereocenters. The monoisotopic (exact) mass is 321 g/mol. The summed E-state index contributed by atoms with van der Waals surface area (Å²) in [6, 6.07) is 14.6. The number of benzene rings is 2. The van der Waals surface area contributed by atoms with E-state index in [9.17, 15) is 4.79 Å². The number of para-hydroxylation sites is 1. The second-order valence-electron chi connectivity index (χ2n) is 5.41. The Hall–Kier alpha value is -3.35. The van der Waals surface area contributed by atoms with Crippen molar-refractivity contribution in [2.24, 2.45) is 10.7 Å². The third-order valence-corrected chi connectivity index (χ3v) is 3.97. The Morgan fingerprint density at radius 2 is 1.92 bits per heavy atom. The van der Waals surface area contributed by atoms with Crippen LogP contribution in [-0.4, -0.2) is 22.6 Å². The fourth-order valence-electron chi connectivity index (χ4n) is 2.80. The number of aromatic nitrogens is 2. The third-order valence-electron chi connectivity index (χ3n) is 3.97. The van der Waals surface area contributed by atoms with Crippen molar-refractivity contribution in [2.45, 2.75) is 6.17 Å². The summed E-state index contributed by atoms with van der Waals surface area (Å²) in [4.78, 5) is 21.8. The van der Waals surface area contributed by atoms with E-state index in [4.69, 9.17) is 10.5 Å². The maximum Gasteiger partial charge on any atom is 0.264 e. The zero-order valence-corrected chi connectivity index (χ0v) is 12.9. The van der Waals surface area contributed by atoms with Crippen LogP contribution in [0.25, 0.3) is 10.9 Å². The molecule has 0 fully saturated rings. The molecular weight excluding hydrogens is 306 g/mol. The molecule has 0 radical (unpaired) electrons. The van der Waals surface area contributed by atoms with E-state index < -0.39 is 6.17 Å². The van der Waals surface area contributed by atoms with Gasteiger partial charge < -0.3 is 10.5 Å². The van der Waals surface area contributed by atoms with Crippen molar-refractivity contribution in [3.8, 4) is 5.75 Å². The first-order chi connectivity index (χ1) is 11.7. The van der Waals surface area contributed by atoms with Crippen LogP contribution in [0, 0.1) is 0 Å². The molecule has 0 bridgehead atoms. The maximum atomic E-state index is 12.9. The summed E-state index contributed by atoms with van der Waals surface area (Å²) in [6.45, 7) is 0. The zero-order chi connectivity index (χ0) is 16.7. The molecule has 2 heterocycles. The number of rotatable bonds is 2. The van der Waals surface area contributed by atoms with Crippen LogP contribution in [0.4, 0.5) is 5.95 Å². The summed E-state index contributed by atoms with van der Waals surface area (Å²) in [5.74, 6) is 1.33. The minimum absolute atomic E-state index is 0.167. The van der Waals surface area contributed by atoms with Crippen molar-refractivity contribution in [2.75, 3.05) is 12.4 Å². The molecule has 0 saturated carbocycles. The highest BCUT2D eigenvalue weighted by atomic mass is 16.5. The SMILES string of the molecule is COc1ccc(C2N=C(N)Nc3nc4ccccc4c(=O)n32)cc1. The van der Waals surface area contributed by atoms with E-state index in [0.29, 0.717) is 16.9 Å². The Labute approximate surface area is 137 Å². The highest BCUT2D eigenvalue weighted by Gasteiger charge is 2.25. The van der Waals surface area contributed by atoms with E-state index in [1.807, 2.05) is 36.4 Å². The number of guanidine groups is 1. The maximum absolute atomic E-state index is 12.9. The number of fused-ring (bicyclic) bond motifs is 2. The molecule has 24 heavy (non-hydrogen) atoms. The van der Waals surface area contributed by atoms with Crippen LogP contribution in [0.3, 0.4) is 0 Å². The van der Waals surface area contributed by atoms with Gasteiger partial charge in [-0.15, -0.1) is 0 Å². The Balaban J connectivity index is 1.94. The van der Waals surface area contributed by atoms with Crippen LogP contribution < -0.4 is 21.3 Å². The van der Waals surface area contributed by atoms with Gasteiger partial charge >= 0.3 is 0 Å². The zero-order valence-electron chi connectivity index (χ0n) is 12.9. The largest absolute Gasteiger partial charge is 0.497 e. The number of methoxy groups -OCH3 is 1. The minimum Gasteiger partial charge on any atom is -0.497 e. The normalized spacial score (nSPS) is 16.2. The van der Waals surface area contributed by atoms with Gasteiger partial charge in [-0.3, -0.25) is 14.7 Å². The summed E-state index contributed by atoms with van der Waals surface area (Å²) in [5.41, 5.74) is 7.16. The molecule has 1 aromatic heterocycles. The highest BCUT2D eigenvalue weighted by molar-refractivity contribution is 5.93. The van der Waals surface area contributed by atoms with Gasteiger partial charge in [0.05, 0.1) is 18.0 Å². The van der Waals surface area contributed by atoms with Crippen molar-refractivity contribution >= 4 is 22.8 Å². The van der Waals surface area contributed by atoms with E-state index in [1.165, 1.54) is 4.57 Å². The molecule has 0 spiro atoms. The van der Waals surface area contributed by atoms with Gasteiger partial charge in [-0.1, -0.05) is 24.3 Å². The van der Waals surface area contributed by atoms with Gasteiger partial charge in [0, 0.05) is 0 Å². The molecule has 120 valence electrons. The molecule has 0 aliphatic carbocycles. The van der Waals surface area contributed by atoms with Crippen molar-refractivity contribution in [1.82, 2.24) is 9.55 Å². The number of nitrogens with two attached hydrogens (primary N) is 1. The fraction of sp³-hybridized carbons (Fsp3) is 0.118. The predicted molar refractivity (Wildman–Crippen MR) is 92.4 cm³/mol. The van der Waals surface area contributed by atoms with Gasteiger partial charge in [0.1, 0.15) is 5.75 Å². The van der Waals surface area contributed by atoms with E-state index in [2.05, 4.69) is 15.3 Å². The lowest BCUT2D eigenvalue weighted by Crippen LogP contribution is -2.38. The van der Waals surface area contributed by atoms with Crippen molar-refractivity contribution in [3.05, 3.63) is 64.4 Å². The molecule has 7 nitrogen and oxygen atoms in total. The average molecular weight is 321 g/mol. The van der Waals surface area contributed by atoms with E-state index in [0.717, 1.165) is 11.3 Å². The average Bonchev–Trinajstić information content (AvgIpc) is 2.61. The Kier molecular flexibility index (Phi) is 3.19. The first-order valence-electron chi connectivity index (χ1n) is 7.43. The number of nitrogens with one attached hydrogen (secondary N) is 1. The van der Waals surface area contributed by atoms with Crippen LogP contribution in [0.15, 0.2) is 58.3 Å². The van der Waals surface area contributed by atoms with Crippen molar-refractivity contribution < 1.29 is 4.74 Å². The number of hydrogen-bond acceptors (Lipinski definition) is 6. The van der Waals surface area contributed by atoms with Crippen LogP contribution in [0.2, 0.25) is 0 Å². The number of aliphatic imine (C=N–C) groups is 1. The number of ether oxygens (including phenoxy) is 1. The second kappa shape index (κ2) is 5.38. The molecular formula is C17H15N5O2. The first-order valence-corrected chi connectivity index (χ1v) is 7.43. The van der Waals surface area contributed by atoms with Crippen molar-refractivity contribution in [1.29, 1.82) is 0 Å². The minimum atomic E-state index is -0.572. The van der Waals surface area contributed by atoms with Gasteiger partial charge in [-0.25, -0.2) is 9.98 Å². The fourth-order valence-corrected chi connectivity index (χ4v) is 2.80. The first kappa shape index (κ1) is 14.3. The molecule has 1 unspecified atom stereocenters. The Morgan fingerprint density at radius 1 is 1.17 bits per heavy atom. The lowest BCUT2D eigenvalue weighted by molar-refractivity contribution is 0.414. The van der Waals surface area contributed by atoms with Crippen LogP contribution in [-0.2, 0) is 0 Å². The smallest absolute Gasteiger partial charge is 0.264 e. The summed E-state index contributed by atoms with van der Waals surface area (Å²) in [7, 11) is 1.60. The van der Waals surface area contributed by atoms with Gasteiger partial charge in [0.25, 0.3) is 5.56 Å². The Morgan fingerprint density at radius 3 is 2.67 bits per heavy atom. The van der Waals surface area contributed by atoms with Gasteiger partial charge in [-0.05, 0) is 29.8 Å². The van der Waals surface area contributed by atoms with Crippen molar-refractivity contribution in [3.63, 3.8) is 0 Å². The predicted octanol–water partition coefficient (Wildman–Crippen LogP) is 1.69. The number of nitrogens with zero attached hydrogens (tertiary/aromatic N) is 3. The van der Waals surface area contributed by atoms with E-state index in [-0.39, 0.29) is 11.5 Å². The lowest BCUT2D eigenvalue weighted by Gasteiger charge is -2.25. The van der Waals surface area contributed by atoms with Crippen LogP contribution in [0.1, 0.15) is 11.7 Å². The summed E-state index contributed by atoms with van der Waals surface area (Å²) in [6.07, 6.45) is -0.572. The van der Waals surface area contributed by atoms with Crippen LogP contribution >= 0.6 is 0 Å². The molecule has 1 aliphatic rings. The van der Waals surface area contributed by atoms with E-state index in [1.54, 1.807) is 19.2 Å². The van der Waals surface area contributed by atoms with E-state index >= 15 is 0 Å². The molecule has 0 amide bonds. The van der Waals surface area contributed by atoms with Crippen LogP contribution in [0.5, 0.6) is 5.75 Å². The van der Waals surface area contributed by atoms with Gasteiger partial charge in [0.2, 0.25) is 5.95 Å². The second-order valence-corrected chi connectivity index (χ2v) is 5.41. The summed E-state index contributed by atoms with van der Waals surface area (Å²) < 4.78 is 6.69. The molecule has 4 rings (SSSR count). The quantitative estimate of drug-likeness (QED) is 0.749. The van der Waals surface area contributed by atoms with Gasteiger partial charge in [0.15, 0.2) is 12.1 Å². The molecule has 1 aliphatic heterocycles. The Bertz CT molecular complexity index is 1010. The summed E-state index contributed by atoms with van der Waals surface area (Å²) >= 11 is 0.